The number of halogens is 3. The van der Waals surface area contributed by atoms with Crippen molar-refractivity contribution in [1.82, 2.24) is 0 Å². The third-order valence-corrected chi connectivity index (χ3v) is 4.34. The van der Waals surface area contributed by atoms with Crippen LogP contribution in [0.25, 0.3) is 0 Å². The maximum atomic E-state index is 12.9. The normalized spacial score (nSPS) is 22.2. The van der Waals surface area contributed by atoms with Crippen LogP contribution in [0.2, 0.25) is 0 Å². The molecule has 1 aliphatic carbocycles. The van der Waals surface area contributed by atoms with Crippen molar-refractivity contribution in [1.29, 1.82) is 0 Å². The van der Waals surface area contributed by atoms with Crippen LogP contribution in [-0.4, -0.2) is 37.1 Å². The highest BCUT2D eigenvalue weighted by atomic mass is 32.2. The Kier molecular flexibility index (Phi) is 5.25. The van der Waals surface area contributed by atoms with Gasteiger partial charge in [0.1, 0.15) is 5.75 Å². The predicted molar refractivity (Wildman–Crippen MR) is 63.4 cm³/mol. The molecule has 4 nitrogen and oxygen atoms in total. The second-order valence-corrected chi connectivity index (χ2v) is 6.72. The zero-order chi connectivity index (χ0) is 14.7. The van der Waals surface area contributed by atoms with Crippen molar-refractivity contribution in [2.75, 3.05) is 12.4 Å². The largest absolute Gasteiger partial charge is 0.418 e. The summed E-state index contributed by atoms with van der Waals surface area (Å²) in [7, 11) is -4.76. The fourth-order valence-corrected chi connectivity index (χ4v) is 3.15. The molecular formula is C11H19F3O4S. The van der Waals surface area contributed by atoms with Crippen molar-refractivity contribution in [3.8, 4) is 0 Å². The molecule has 0 bridgehead atoms. The van der Waals surface area contributed by atoms with Crippen LogP contribution in [0.4, 0.5) is 13.2 Å². The molecule has 0 radical (unpaired) electrons. The zero-order valence-electron chi connectivity index (χ0n) is 10.7. The molecular weight excluding hydrogens is 285 g/mol. The molecule has 0 aromatic rings. The topological polar surface area (TPSA) is 63.6 Å². The van der Waals surface area contributed by atoms with E-state index in [9.17, 15) is 21.6 Å². The van der Waals surface area contributed by atoms with Crippen LogP contribution in [0.3, 0.4) is 0 Å². The lowest BCUT2D eigenvalue weighted by molar-refractivity contribution is -0.265. The van der Waals surface area contributed by atoms with Gasteiger partial charge in [-0.05, 0) is 25.7 Å². The first kappa shape index (κ1) is 16.7. The Morgan fingerprint density at radius 2 is 1.74 bits per heavy atom. The fourth-order valence-electron chi connectivity index (χ4n) is 2.21. The summed E-state index contributed by atoms with van der Waals surface area (Å²) in [5.41, 5.74) is -2.86. The molecule has 0 heterocycles. The lowest BCUT2D eigenvalue weighted by Gasteiger charge is -2.33. The molecule has 0 aliphatic heterocycles. The van der Waals surface area contributed by atoms with E-state index in [1.54, 1.807) is 0 Å². The van der Waals surface area contributed by atoms with Crippen LogP contribution in [0.15, 0.2) is 0 Å². The van der Waals surface area contributed by atoms with Gasteiger partial charge in [0.25, 0.3) is 10.1 Å². The third kappa shape index (κ3) is 5.27. The molecule has 114 valence electrons. The molecule has 19 heavy (non-hydrogen) atoms. The van der Waals surface area contributed by atoms with Gasteiger partial charge < -0.3 is 4.74 Å². The third-order valence-electron chi connectivity index (χ3n) is 3.42. The fraction of sp³-hybridized carbons (Fsp3) is 1.00. The van der Waals surface area contributed by atoms with E-state index in [-0.39, 0.29) is 12.5 Å². The molecule has 8 heteroatoms. The number of rotatable bonds is 5. The van der Waals surface area contributed by atoms with Crippen molar-refractivity contribution in [2.24, 2.45) is 5.92 Å². The van der Waals surface area contributed by atoms with E-state index in [4.69, 9.17) is 9.29 Å². The van der Waals surface area contributed by atoms with E-state index in [1.807, 2.05) is 0 Å². The van der Waals surface area contributed by atoms with Gasteiger partial charge in [-0.25, -0.2) is 0 Å². The van der Waals surface area contributed by atoms with Crippen LogP contribution >= 0.6 is 0 Å². The van der Waals surface area contributed by atoms with Crippen LogP contribution in [0, 0.1) is 5.92 Å². The van der Waals surface area contributed by atoms with Crippen LogP contribution in [0.5, 0.6) is 0 Å². The van der Waals surface area contributed by atoms with E-state index in [2.05, 4.69) is 0 Å². The SMILES string of the molecule is CC(CS(=O)(=O)O)(OCC1CCCCC1)C(F)(F)F. The van der Waals surface area contributed by atoms with Crippen molar-refractivity contribution in [3.05, 3.63) is 0 Å². The van der Waals surface area contributed by atoms with Crippen molar-refractivity contribution in [3.63, 3.8) is 0 Å². The molecule has 1 rings (SSSR count). The molecule has 0 spiro atoms. The van der Waals surface area contributed by atoms with Gasteiger partial charge in [-0.2, -0.15) is 21.6 Å². The molecule has 0 aromatic carbocycles. The molecule has 1 aliphatic rings. The lowest BCUT2D eigenvalue weighted by Crippen LogP contribution is -2.51. The Bertz CT molecular complexity index is 387. The molecule has 1 fully saturated rings. The summed E-state index contributed by atoms with van der Waals surface area (Å²) >= 11 is 0. The second kappa shape index (κ2) is 5.97. The number of hydrogen-bond donors (Lipinski definition) is 1. The Morgan fingerprint density at radius 1 is 1.21 bits per heavy atom. The first-order valence-electron chi connectivity index (χ1n) is 6.19. The Morgan fingerprint density at radius 3 is 2.16 bits per heavy atom. The Labute approximate surface area is 111 Å². The summed E-state index contributed by atoms with van der Waals surface area (Å²) in [6.07, 6.45) is -0.292. The molecule has 1 saturated carbocycles. The molecule has 0 aromatic heterocycles. The number of hydrogen-bond acceptors (Lipinski definition) is 3. The molecule has 1 atom stereocenters. The first-order valence-corrected chi connectivity index (χ1v) is 7.80. The minimum absolute atomic E-state index is 0.0248. The van der Waals surface area contributed by atoms with E-state index < -0.39 is 27.6 Å². The highest BCUT2D eigenvalue weighted by Gasteiger charge is 2.55. The summed E-state index contributed by atoms with van der Waals surface area (Å²) in [5, 5.41) is 0. The van der Waals surface area contributed by atoms with Gasteiger partial charge >= 0.3 is 6.18 Å². The number of ether oxygens (including phenoxy) is 1. The van der Waals surface area contributed by atoms with Gasteiger partial charge in [-0.1, -0.05) is 19.3 Å². The summed E-state index contributed by atoms with van der Waals surface area (Å²) in [6, 6.07) is 0. The quantitative estimate of drug-likeness (QED) is 0.793. The van der Waals surface area contributed by atoms with Gasteiger partial charge in [0.15, 0.2) is 5.60 Å². The standard InChI is InChI=1S/C11H19F3O4S/c1-10(11(12,13)14,8-19(15,16)17)18-7-9-5-3-2-4-6-9/h9H,2-8H2,1H3,(H,15,16,17). The van der Waals surface area contributed by atoms with Crippen LogP contribution in [-0.2, 0) is 14.9 Å². The van der Waals surface area contributed by atoms with Gasteiger partial charge in [0, 0.05) is 0 Å². The molecule has 1 unspecified atom stereocenters. The predicted octanol–water partition coefficient (Wildman–Crippen LogP) is 2.79. The van der Waals surface area contributed by atoms with E-state index in [0.717, 1.165) is 32.1 Å². The van der Waals surface area contributed by atoms with E-state index >= 15 is 0 Å². The van der Waals surface area contributed by atoms with Crippen LogP contribution < -0.4 is 0 Å². The molecule has 1 N–H and O–H groups in total. The Balaban J connectivity index is 2.69. The average molecular weight is 304 g/mol. The minimum Gasteiger partial charge on any atom is -0.364 e. The minimum atomic E-state index is -4.85. The summed E-state index contributed by atoms with van der Waals surface area (Å²) < 4.78 is 73.6. The number of alkyl halides is 3. The highest BCUT2D eigenvalue weighted by Crippen LogP contribution is 2.36. The Hall–Kier alpha value is -0.340. The van der Waals surface area contributed by atoms with Gasteiger partial charge in [-0.15, -0.1) is 0 Å². The van der Waals surface area contributed by atoms with Crippen molar-refractivity contribution in [2.45, 2.75) is 50.8 Å². The first-order chi connectivity index (χ1) is 8.54. The second-order valence-electron chi connectivity index (χ2n) is 5.27. The van der Waals surface area contributed by atoms with Gasteiger partial charge in [0.05, 0.1) is 6.61 Å². The van der Waals surface area contributed by atoms with Crippen molar-refractivity contribution >= 4 is 10.1 Å². The summed E-state index contributed by atoms with van der Waals surface area (Å²) in [6.45, 7) is 0.523. The van der Waals surface area contributed by atoms with Crippen LogP contribution in [0.1, 0.15) is 39.0 Å². The molecule has 0 amide bonds. The monoisotopic (exact) mass is 304 g/mol. The van der Waals surface area contributed by atoms with Crippen molar-refractivity contribution < 1.29 is 30.9 Å². The van der Waals surface area contributed by atoms with E-state index in [1.165, 1.54) is 0 Å². The maximum absolute atomic E-state index is 12.9. The lowest BCUT2D eigenvalue weighted by atomic mass is 9.90. The smallest absolute Gasteiger partial charge is 0.364 e. The average Bonchev–Trinajstić information content (AvgIpc) is 2.24. The van der Waals surface area contributed by atoms with Gasteiger partial charge in [-0.3, -0.25) is 4.55 Å². The maximum Gasteiger partial charge on any atom is 0.418 e. The van der Waals surface area contributed by atoms with E-state index in [0.29, 0.717) is 6.92 Å². The highest BCUT2D eigenvalue weighted by molar-refractivity contribution is 7.85. The summed E-state index contributed by atoms with van der Waals surface area (Å²) in [5.74, 6) is -1.45. The van der Waals surface area contributed by atoms with Gasteiger partial charge in [0.2, 0.25) is 0 Å². The molecule has 0 saturated heterocycles. The zero-order valence-corrected chi connectivity index (χ0v) is 11.6. The summed E-state index contributed by atoms with van der Waals surface area (Å²) in [4.78, 5) is 0.